The van der Waals surface area contributed by atoms with Crippen molar-refractivity contribution in [3.8, 4) is 56.0 Å². The van der Waals surface area contributed by atoms with Gasteiger partial charge in [0.15, 0.2) is 0 Å². The average molecular weight is 597 g/mol. The van der Waals surface area contributed by atoms with E-state index in [1.165, 1.54) is 51.8 Å². The van der Waals surface area contributed by atoms with Gasteiger partial charge in [-0.2, -0.15) is 0 Å². The van der Waals surface area contributed by atoms with Crippen LogP contribution in [0.25, 0.3) is 44.5 Å². The first-order valence-corrected chi connectivity index (χ1v) is 16.8. The van der Waals surface area contributed by atoms with Crippen LogP contribution in [0.5, 0.6) is 11.5 Å². The summed E-state index contributed by atoms with van der Waals surface area (Å²) in [6.45, 7) is 12.3. The molecular weight excluding hydrogens is 548 g/mol. The number of unbranched alkanes of at least 4 members (excludes halogenated alkanes) is 4. The highest BCUT2D eigenvalue weighted by Gasteiger charge is 2.16. The molecule has 45 heavy (non-hydrogen) atoms. The SMILES string of the molecule is CCCCCOc1cc(-c2ccc(-c3ccc(C)c(C)c3)cc2)c(OCCCCC)cc1-c1ccc(-c2ccc(C)cc2)cc1. The van der Waals surface area contributed by atoms with Crippen LogP contribution in [0.1, 0.15) is 69.1 Å². The van der Waals surface area contributed by atoms with Crippen LogP contribution in [0.15, 0.2) is 103 Å². The number of aryl methyl sites for hydroxylation is 3. The number of hydrogen-bond donors (Lipinski definition) is 0. The quantitative estimate of drug-likeness (QED) is 0.119. The summed E-state index contributed by atoms with van der Waals surface area (Å²) in [7, 11) is 0. The number of ether oxygens (including phenoxy) is 2. The molecular formula is C43H48O2. The highest BCUT2D eigenvalue weighted by Crippen LogP contribution is 2.42. The van der Waals surface area contributed by atoms with E-state index >= 15 is 0 Å². The van der Waals surface area contributed by atoms with E-state index in [1.807, 2.05) is 0 Å². The summed E-state index contributed by atoms with van der Waals surface area (Å²) in [5.74, 6) is 1.81. The van der Waals surface area contributed by atoms with Gasteiger partial charge >= 0.3 is 0 Å². The second-order valence-electron chi connectivity index (χ2n) is 12.3. The molecule has 0 amide bonds. The van der Waals surface area contributed by atoms with Crippen molar-refractivity contribution in [1.82, 2.24) is 0 Å². The van der Waals surface area contributed by atoms with Gasteiger partial charge in [0.2, 0.25) is 0 Å². The highest BCUT2D eigenvalue weighted by molar-refractivity contribution is 5.83. The summed E-state index contributed by atoms with van der Waals surface area (Å²) >= 11 is 0. The van der Waals surface area contributed by atoms with E-state index < -0.39 is 0 Å². The van der Waals surface area contributed by atoms with Crippen LogP contribution in [0.4, 0.5) is 0 Å². The van der Waals surface area contributed by atoms with Crippen LogP contribution in [0.3, 0.4) is 0 Å². The maximum atomic E-state index is 6.55. The Hall–Kier alpha value is -4.30. The Labute approximate surface area is 271 Å². The van der Waals surface area contributed by atoms with E-state index in [9.17, 15) is 0 Å². The predicted molar refractivity (Wildman–Crippen MR) is 192 cm³/mol. The molecule has 2 heteroatoms. The molecule has 0 aliphatic heterocycles. The van der Waals surface area contributed by atoms with Gasteiger partial charge in [-0.05, 0) is 90.3 Å². The van der Waals surface area contributed by atoms with Crippen molar-refractivity contribution < 1.29 is 9.47 Å². The van der Waals surface area contributed by atoms with Crippen molar-refractivity contribution in [2.75, 3.05) is 13.2 Å². The minimum absolute atomic E-state index is 0.698. The summed E-state index contributed by atoms with van der Waals surface area (Å²) in [5, 5.41) is 0. The van der Waals surface area contributed by atoms with Crippen molar-refractivity contribution in [2.45, 2.75) is 73.1 Å². The number of benzene rings is 5. The number of hydrogen-bond acceptors (Lipinski definition) is 2. The fraction of sp³-hybridized carbons (Fsp3) is 0.302. The molecule has 0 fully saturated rings. The molecule has 232 valence electrons. The van der Waals surface area contributed by atoms with Crippen molar-refractivity contribution in [3.05, 3.63) is 120 Å². The van der Waals surface area contributed by atoms with Crippen molar-refractivity contribution >= 4 is 0 Å². The molecule has 0 N–H and O–H groups in total. The van der Waals surface area contributed by atoms with Crippen LogP contribution in [-0.2, 0) is 0 Å². The van der Waals surface area contributed by atoms with Gasteiger partial charge in [-0.25, -0.2) is 0 Å². The molecule has 0 aromatic heterocycles. The molecule has 5 aromatic rings. The first-order chi connectivity index (χ1) is 22.0. The molecule has 0 saturated carbocycles. The predicted octanol–water partition coefficient (Wildman–Crippen LogP) is 12.4. The smallest absolute Gasteiger partial charge is 0.128 e. The zero-order valence-electron chi connectivity index (χ0n) is 27.8. The van der Waals surface area contributed by atoms with Gasteiger partial charge in [-0.3, -0.25) is 0 Å². The summed E-state index contributed by atoms with van der Waals surface area (Å²) in [6, 6.07) is 37.5. The zero-order valence-corrected chi connectivity index (χ0v) is 27.8. The first-order valence-electron chi connectivity index (χ1n) is 16.8. The topological polar surface area (TPSA) is 18.5 Å². The van der Waals surface area contributed by atoms with Gasteiger partial charge in [0.05, 0.1) is 13.2 Å². The lowest BCUT2D eigenvalue weighted by molar-refractivity contribution is 0.300. The fourth-order valence-electron chi connectivity index (χ4n) is 5.67. The fourth-order valence-corrected chi connectivity index (χ4v) is 5.67. The van der Waals surface area contributed by atoms with Crippen LogP contribution < -0.4 is 9.47 Å². The van der Waals surface area contributed by atoms with Gasteiger partial charge in [-0.1, -0.05) is 136 Å². The van der Waals surface area contributed by atoms with Crippen LogP contribution in [0.2, 0.25) is 0 Å². The molecule has 2 nitrogen and oxygen atoms in total. The van der Waals surface area contributed by atoms with Gasteiger partial charge in [0, 0.05) is 11.1 Å². The molecule has 0 spiro atoms. The Morgan fingerprint density at radius 3 is 1.24 bits per heavy atom. The Bertz CT molecular complexity index is 1660. The van der Waals surface area contributed by atoms with Gasteiger partial charge in [-0.15, -0.1) is 0 Å². The third-order valence-electron chi connectivity index (χ3n) is 8.71. The zero-order chi connectivity index (χ0) is 31.6. The molecule has 0 unspecified atom stereocenters. The number of rotatable bonds is 14. The van der Waals surface area contributed by atoms with E-state index in [0.29, 0.717) is 13.2 Å². The normalized spacial score (nSPS) is 11.0. The lowest BCUT2D eigenvalue weighted by Gasteiger charge is -2.19. The van der Waals surface area contributed by atoms with Crippen LogP contribution in [0, 0.1) is 20.8 Å². The van der Waals surface area contributed by atoms with E-state index in [2.05, 4.69) is 138 Å². The summed E-state index contributed by atoms with van der Waals surface area (Å²) in [4.78, 5) is 0. The second kappa shape index (κ2) is 15.6. The second-order valence-corrected chi connectivity index (χ2v) is 12.3. The molecule has 0 aliphatic rings. The summed E-state index contributed by atoms with van der Waals surface area (Å²) < 4.78 is 13.1. The highest BCUT2D eigenvalue weighted by atomic mass is 16.5. The minimum atomic E-state index is 0.698. The maximum Gasteiger partial charge on any atom is 0.128 e. The van der Waals surface area contributed by atoms with Crippen molar-refractivity contribution in [3.63, 3.8) is 0 Å². The van der Waals surface area contributed by atoms with Gasteiger partial charge in [0.25, 0.3) is 0 Å². The maximum absolute atomic E-state index is 6.55. The molecule has 0 bridgehead atoms. The molecule has 0 aliphatic carbocycles. The summed E-state index contributed by atoms with van der Waals surface area (Å²) in [5.41, 5.74) is 13.2. The van der Waals surface area contributed by atoms with E-state index in [4.69, 9.17) is 9.47 Å². The van der Waals surface area contributed by atoms with Crippen LogP contribution >= 0.6 is 0 Å². The Morgan fingerprint density at radius 2 is 0.800 bits per heavy atom. The first kappa shape index (κ1) is 32.1. The van der Waals surface area contributed by atoms with E-state index in [-0.39, 0.29) is 0 Å². The van der Waals surface area contributed by atoms with Crippen molar-refractivity contribution in [1.29, 1.82) is 0 Å². The molecule has 5 aromatic carbocycles. The Balaban J connectivity index is 1.53. The summed E-state index contributed by atoms with van der Waals surface area (Å²) in [6.07, 6.45) is 6.73. The lowest BCUT2D eigenvalue weighted by atomic mass is 9.94. The molecule has 0 atom stereocenters. The van der Waals surface area contributed by atoms with Gasteiger partial charge < -0.3 is 9.47 Å². The lowest BCUT2D eigenvalue weighted by Crippen LogP contribution is -2.03. The largest absolute Gasteiger partial charge is 0.493 e. The van der Waals surface area contributed by atoms with Crippen molar-refractivity contribution in [2.24, 2.45) is 0 Å². The van der Waals surface area contributed by atoms with Gasteiger partial charge in [0.1, 0.15) is 11.5 Å². The van der Waals surface area contributed by atoms with Crippen LogP contribution in [-0.4, -0.2) is 13.2 Å². The molecule has 0 heterocycles. The standard InChI is InChI=1S/C43H48O2/c1-6-8-10-26-44-42-30-41(38-24-20-36(21-25-38)39-17-14-32(4)33(5)28-39)43(45-27-11-9-7-2)29-40(42)37-22-18-35(19-23-37)34-15-12-31(3)13-16-34/h12-25,28-30H,6-11,26-27H2,1-5H3. The minimum Gasteiger partial charge on any atom is -0.493 e. The average Bonchev–Trinajstić information content (AvgIpc) is 3.07. The molecule has 0 saturated heterocycles. The third-order valence-corrected chi connectivity index (χ3v) is 8.71. The van der Waals surface area contributed by atoms with E-state index in [1.54, 1.807) is 0 Å². The van der Waals surface area contributed by atoms with E-state index in [0.717, 1.165) is 59.4 Å². The Morgan fingerprint density at radius 1 is 0.400 bits per heavy atom. The molecule has 5 rings (SSSR count). The monoisotopic (exact) mass is 596 g/mol. The molecule has 0 radical (unpaired) electrons. The third kappa shape index (κ3) is 8.25. The Kier molecular flexibility index (Phi) is 11.1.